The first-order valence-electron chi connectivity index (χ1n) is 6.30. The van der Waals surface area contributed by atoms with Crippen molar-refractivity contribution in [1.82, 2.24) is 4.57 Å². The molecule has 1 aromatic heterocycles. The quantitative estimate of drug-likeness (QED) is 0.655. The molecular formula is C15H20N4. The maximum Gasteiger partial charge on any atom is 0.193 e. The molecule has 0 fully saturated rings. The SMILES string of the molecule is Cc1ccc(NC(N)=NCc2cccn2C)cc1C. The van der Waals surface area contributed by atoms with E-state index in [1.165, 1.54) is 11.1 Å². The third-order valence-electron chi connectivity index (χ3n) is 3.24. The Morgan fingerprint density at radius 3 is 2.68 bits per heavy atom. The van der Waals surface area contributed by atoms with Gasteiger partial charge in [0.1, 0.15) is 0 Å². The number of rotatable bonds is 3. The van der Waals surface area contributed by atoms with Gasteiger partial charge in [0.2, 0.25) is 0 Å². The Kier molecular flexibility index (Phi) is 3.90. The predicted octanol–water partition coefficient (Wildman–Crippen LogP) is 2.57. The van der Waals surface area contributed by atoms with Crippen LogP contribution in [0.25, 0.3) is 0 Å². The van der Waals surface area contributed by atoms with Crippen LogP contribution in [-0.2, 0) is 13.6 Å². The molecule has 4 nitrogen and oxygen atoms in total. The molecule has 19 heavy (non-hydrogen) atoms. The lowest BCUT2D eigenvalue weighted by molar-refractivity contribution is 0.824. The normalized spacial score (nSPS) is 11.6. The third kappa shape index (κ3) is 3.37. The van der Waals surface area contributed by atoms with Gasteiger partial charge in [-0.25, -0.2) is 4.99 Å². The molecule has 4 heteroatoms. The van der Waals surface area contributed by atoms with E-state index >= 15 is 0 Å². The number of guanidine groups is 1. The summed E-state index contributed by atoms with van der Waals surface area (Å²) in [7, 11) is 2.00. The van der Waals surface area contributed by atoms with Gasteiger partial charge < -0.3 is 15.6 Å². The van der Waals surface area contributed by atoms with Crippen LogP contribution in [0.4, 0.5) is 5.69 Å². The van der Waals surface area contributed by atoms with Gasteiger partial charge in [-0.05, 0) is 49.2 Å². The zero-order valence-corrected chi connectivity index (χ0v) is 11.6. The Morgan fingerprint density at radius 2 is 2.05 bits per heavy atom. The number of hydrogen-bond acceptors (Lipinski definition) is 1. The van der Waals surface area contributed by atoms with E-state index in [2.05, 4.69) is 36.3 Å². The molecule has 0 radical (unpaired) electrons. The fourth-order valence-corrected chi connectivity index (χ4v) is 1.83. The molecule has 2 aromatic rings. The molecule has 0 aliphatic rings. The van der Waals surface area contributed by atoms with Gasteiger partial charge in [-0.15, -0.1) is 0 Å². The Hall–Kier alpha value is -2.23. The average molecular weight is 256 g/mol. The van der Waals surface area contributed by atoms with Gasteiger partial charge in [0.15, 0.2) is 5.96 Å². The molecule has 1 heterocycles. The Bertz CT molecular complexity index is 596. The molecule has 0 spiro atoms. The molecule has 0 aliphatic heterocycles. The summed E-state index contributed by atoms with van der Waals surface area (Å²) in [5.41, 5.74) is 10.5. The van der Waals surface area contributed by atoms with E-state index in [1.807, 2.05) is 36.0 Å². The minimum Gasteiger partial charge on any atom is -0.370 e. The van der Waals surface area contributed by atoms with Gasteiger partial charge >= 0.3 is 0 Å². The molecule has 0 amide bonds. The molecule has 0 unspecified atom stereocenters. The lowest BCUT2D eigenvalue weighted by Gasteiger charge is -2.08. The van der Waals surface area contributed by atoms with Crippen LogP contribution in [0.15, 0.2) is 41.5 Å². The highest BCUT2D eigenvalue weighted by molar-refractivity contribution is 5.92. The second kappa shape index (κ2) is 5.61. The van der Waals surface area contributed by atoms with Crippen molar-refractivity contribution in [2.45, 2.75) is 20.4 Å². The molecule has 0 atom stereocenters. The number of hydrogen-bond donors (Lipinski definition) is 2. The summed E-state index contributed by atoms with van der Waals surface area (Å²) >= 11 is 0. The average Bonchev–Trinajstić information content (AvgIpc) is 2.77. The van der Waals surface area contributed by atoms with E-state index in [0.717, 1.165) is 11.4 Å². The van der Waals surface area contributed by atoms with Crippen LogP contribution in [0.3, 0.4) is 0 Å². The molecule has 3 N–H and O–H groups in total. The maximum absolute atomic E-state index is 5.89. The molecule has 2 rings (SSSR count). The number of aromatic nitrogens is 1. The first kappa shape index (κ1) is 13.2. The second-order valence-corrected chi connectivity index (χ2v) is 4.74. The highest BCUT2D eigenvalue weighted by atomic mass is 15.1. The van der Waals surface area contributed by atoms with E-state index in [9.17, 15) is 0 Å². The Morgan fingerprint density at radius 1 is 1.26 bits per heavy atom. The Balaban J connectivity index is 2.02. The summed E-state index contributed by atoms with van der Waals surface area (Å²) in [6.45, 7) is 4.75. The number of aryl methyl sites for hydroxylation is 3. The number of aliphatic imine (C=N–C) groups is 1. The van der Waals surface area contributed by atoms with Crippen molar-refractivity contribution in [3.05, 3.63) is 53.3 Å². The predicted molar refractivity (Wildman–Crippen MR) is 80.3 cm³/mol. The zero-order valence-electron chi connectivity index (χ0n) is 11.6. The van der Waals surface area contributed by atoms with Crippen molar-refractivity contribution < 1.29 is 0 Å². The number of nitrogens with one attached hydrogen (secondary N) is 1. The zero-order chi connectivity index (χ0) is 13.8. The summed E-state index contributed by atoms with van der Waals surface area (Å²) in [5.74, 6) is 0.435. The maximum atomic E-state index is 5.89. The van der Waals surface area contributed by atoms with E-state index < -0.39 is 0 Å². The van der Waals surface area contributed by atoms with Crippen molar-refractivity contribution in [1.29, 1.82) is 0 Å². The fraction of sp³-hybridized carbons (Fsp3) is 0.267. The molecule has 1 aromatic carbocycles. The lowest BCUT2D eigenvalue weighted by Crippen LogP contribution is -2.22. The topological polar surface area (TPSA) is 55.3 Å². The van der Waals surface area contributed by atoms with Crippen LogP contribution < -0.4 is 11.1 Å². The standard InChI is InChI=1S/C15H20N4/c1-11-6-7-13(9-12(11)2)18-15(16)17-10-14-5-4-8-19(14)3/h4-9H,10H2,1-3H3,(H3,16,17,18). The van der Waals surface area contributed by atoms with Gasteiger partial charge in [-0.3, -0.25) is 0 Å². The van der Waals surface area contributed by atoms with Crippen molar-refractivity contribution in [3.8, 4) is 0 Å². The third-order valence-corrected chi connectivity index (χ3v) is 3.24. The summed E-state index contributed by atoms with van der Waals surface area (Å²) < 4.78 is 2.03. The number of benzene rings is 1. The van der Waals surface area contributed by atoms with Crippen LogP contribution >= 0.6 is 0 Å². The first-order valence-corrected chi connectivity index (χ1v) is 6.30. The smallest absolute Gasteiger partial charge is 0.193 e. The molecule has 100 valence electrons. The first-order chi connectivity index (χ1) is 9.06. The van der Waals surface area contributed by atoms with Crippen molar-refractivity contribution in [2.75, 3.05) is 5.32 Å². The van der Waals surface area contributed by atoms with Crippen LogP contribution in [0.1, 0.15) is 16.8 Å². The highest BCUT2D eigenvalue weighted by Gasteiger charge is 1.99. The van der Waals surface area contributed by atoms with Gasteiger partial charge in [-0.2, -0.15) is 0 Å². The van der Waals surface area contributed by atoms with Gasteiger partial charge in [0.05, 0.1) is 6.54 Å². The summed E-state index contributed by atoms with van der Waals surface area (Å²) in [6, 6.07) is 10.2. The molecule has 0 aliphatic carbocycles. The molecular weight excluding hydrogens is 236 g/mol. The fourth-order valence-electron chi connectivity index (χ4n) is 1.83. The number of nitrogens with two attached hydrogens (primary N) is 1. The monoisotopic (exact) mass is 256 g/mol. The summed E-state index contributed by atoms with van der Waals surface area (Å²) in [4.78, 5) is 4.34. The summed E-state index contributed by atoms with van der Waals surface area (Å²) in [6.07, 6.45) is 2.00. The lowest BCUT2D eigenvalue weighted by atomic mass is 10.1. The molecule has 0 bridgehead atoms. The van der Waals surface area contributed by atoms with E-state index in [1.54, 1.807) is 0 Å². The van der Waals surface area contributed by atoms with Crippen LogP contribution in [0.5, 0.6) is 0 Å². The van der Waals surface area contributed by atoms with Gasteiger partial charge in [0.25, 0.3) is 0 Å². The highest BCUT2D eigenvalue weighted by Crippen LogP contribution is 2.13. The minimum atomic E-state index is 0.435. The molecule has 0 saturated heterocycles. The largest absolute Gasteiger partial charge is 0.370 e. The van der Waals surface area contributed by atoms with Crippen LogP contribution in [0.2, 0.25) is 0 Å². The van der Waals surface area contributed by atoms with E-state index in [4.69, 9.17) is 5.73 Å². The van der Waals surface area contributed by atoms with Gasteiger partial charge in [0, 0.05) is 24.6 Å². The molecule has 0 saturated carbocycles. The summed E-state index contributed by atoms with van der Waals surface area (Å²) in [5, 5.41) is 3.11. The van der Waals surface area contributed by atoms with E-state index in [-0.39, 0.29) is 0 Å². The number of nitrogens with zero attached hydrogens (tertiary/aromatic N) is 2. The second-order valence-electron chi connectivity index (χ2n) is 4.74. The van der Waals surface area contributed by atoms with Crippen LogP contribution in [-0.4, -0.2) is 10.5 Å². The van der Waals surface area contributed by atoms with Crippen LogP contribution in [0, 0.1) is 13.8 Å². The van der Waals surface area contributed by atoms with Crippen molar-refractivity contribution in [2.24, 2.45) is 17.8 Å². The van der Waals surface area contributed by atoms with Crippen molar-refractivity contribution in [3.63, 3.8) is 0 Å². The Labute approximate surface area is 114 Å². The minimum absolute atomic E-state index is 0.435. The van der Waals surface area contributed by atoms with Crippen molar-refractivity contribution >= 4 is 11.6 Å². The van der Waals surface area contributed by atoms with E-state index in [0.29, 0.717) is 12.5 Å². The van der Waals surface area contributed by atoms with Gasteiger partial charge in [-0.1, -0.05) is 6.07 Å². The number of anilines is 1.